The summed E-state index contributed by atoms with van der Waals surface area (Å²) in [6.45, 7) is 0. The van der Waals surface area contributed by atoms with Gasteiger partial charge in [0.05, 0.1) is 15.7 Å². The average Bonchev–Trinajstić information content (AvgIpc) is 2.40. The number of amides is 1. The molecule has 19 heavy (non-hydrogen) atoms. The van der Waals surface area contributed by atoms with Crippen molar-refractivity contribution in [1.29, 1.82) is 0 Å². The van der Waals surface area contributed by atoms with Gasteiger partial charge in [0.1, 0.15) is 5.82 Å². The number of anilines is 1. The third kappa shape index (κ3) is 3.26. The molecule has 98 valence electrons. The summed E-state index contributed by atoms with van der Waals surface area (Å²) < 4.78 is 13.4. The van der Waals surface area contributed by atoms with Crippen molar-refractivity contribution in [3.63, 3.8) is 0 Å². The van der Waals surface area contributed by atoms with Crippen molar-refractivity contribution < 1.29 is 9.18 Å². The number of carbonyl (C=O) groups excluding carboxylic acids is 1. The van der Waals surface area contributed by atoms with Crippen molar-refractivity contribution in [3.05, 3.63) is 62.3 Å². The molecule has 0 aliphatic rings. The van der Waals surface area contributed by atoms with E-state index >= 15 is 0 Å². The van der Waals surface area contributed by atoms with Crippen LogP contribution in [0.15, 0.2) is 40.9 Å². The molecule has 0 aliphatic heterocycles. The van der Waals surface area contributed by atoms with Gasteiger partial charge < -0.3 is 5.32 Å². The van der Waals surface area contributed by atoms with Crippen LogP contribution in [0.3, 0.4) is 0 Å². The Morgan fingerprint density at radius 2 is 1.68 bits per heavy atom. The van der Waals surface area contributed by atoms with Gasteiger partial charge in [-0.2, -0.15) is 0 Å². The molecule has 0 spiro atoms. The zero-order chi connectivity index (χ0) is 14.0. The minimum absolute atomic E-state index is 0.242. The van der Waals surface area contributed by atoms with E-state index in [1.807, 2.05) is 0 Å². The van der Waals surface area contributed by atoms with E-state index in [9.17, 15) is 9.18 Å². The molecular weight excluding hydrogens is 356 g/mol. The number of rotatable bonds is 2. The number of benzene rings is 2. The third-order valence-corrected chi connectivity index (χ3v) is 4.16. The van der Waals surface area contributed by atoms with E-state index in [0.717, 1.165) is 0 Å². The first-order valence-electron chi connectivity index (χ1n) is 5.19. The van der Waals surface area contributed by atoms with Gasteiger partial charge in [-0.05, 0) is 52.3 Å². The Kier molecular flexibility index (Phi) is 4.45. The highest BCUT2D eigenvalue weighted by molar-refractivity contribution is 9.10. The molecule has 0 saturated carbocycles. The summed E-state index contributed by atoms with van der Waals surface area (Å²) in [6, 6.07) is 8.50. The van der Waals surface area contributed by atoms with E-state index in [1.54, 1.807) is 12.1 Å². The van der Waals surface area contributed by atoms with E-state index in [0.29, 0.717) is 20.7 Å². The van der Waals surface area contributed by atoms with Gasteiger partial charge in [0.15, 0.2) is 0 Å². The van der Waals surface area contributed by atoms with Crippen LogP contribution in [-0.4, -0.2) is 5.91 Å². The van der Waals surface area contributed by atoms with Gasteiger partial charge in [-0.25, -0.2) is 4.39 Å². The fourth-order valence-electron chi connectivity index (χ4n) is 1.42. The average molecular weight is 363 g/mol. The molecule has 0 bridgehead atoms. The van der Waals surface area contributed by atoms with Crippen LogP contribution in [-0.2, 0) is 0 Å². The molecule has 0 unspecified atom stereocenters. The van der Waals surface area contributed by atoms with Crippen molar-refractivity contribution in [2.75, 3.05) is 5.32 Å². The maximum atomic E-state index is 12.8. The zero-order valence-electron chi connectivity index (χ0n) is 9.38. The Labute approximate surface area is 127 Å². The quantitative estimate of drug-likeness (QED) is 0.735. The van der Waals surface area contributed by atoms with Crippen LogP contribution in [0.2, 0.25) is 10.0 Å². The van der Waals surface area contributed by atoms with E-state index in [1.165, 1.54) is 24.3 Å². The van der Waals surface area contributed by atoms with Gasteiger partial charge in [-0.1, -0.05) is 23.2 Å². The van der Waals surface area contributed by atoms with E-state index < -0.39 is 5.82 Å². The number of nitrogens with one attached hydrogen (secondary N) is 1. The first-order chi connectivity index (χ1) is 8.99. The summed E-state index contributed by atoms with van der Waals surface area (Å²) in [4.78, 5) is 11.9. The first-order valence-corrected chi connectivity index (χ1v) is 6.74. The topological polar surface area (TPSA) is 29.1 Å². The summed E-state index contributed by atoms with van der Waals surface area (Å²) in [7, 11) is 0. The number of hydrogen-bond donors (Lipinski definition) is 1. The lowest BCUT2D eigenvalue weighted by Crippen LogP contribution is -2.12. The fourth-order valence-corrected chi connectivity index (χ4v) is 2.24. The molecule has 2 rings (SSSR count). The van der Waals surface area contributed by atoms with Gasteiger partial charge in [0.25, 0.3) is 5.91 Å². The summed E-state index contributed by atoms with van der Waals surface area (Å²) >= 11 is 15.2. The highest BCUT2D eigenvalue weighted by Gasteiger charge is 2.12. The van der Waals surface area contributed by atoms with Crippen LogP contribution in [0.5, 0.6) is 0 Å². The third-order valence-electron chi connectivity index (χ3n) is 2.39. The molecular formula is C13H7BrCl2FNO. The minimum atomic E-state index is -0.402. The highest BCUT2D eigenvalue weighted by atomic mass is 79.9. The van der Waals surface area contributed by atoms with Crippen molar-refractivity contribution >= 4 is 50.7 Å². The predicted octanol–water partition coefficient (Wildman–Crippen LogP) is 5.15. The molecule has 0 aromatic heterocycles. The second kappa shape index (κ2) is 5.90. The Hall–Kier alpha value is -1.10. The summed E-state index contributed by atoms with van der Waals surface area (Å²) in [6.07, 6.45) is 0. The standard InChI is InChI=1S/C13H7BrCl2FNO/c14-9-5-6-10(12(16)11(9)15)18-13(19)7-1-3-8(17)4-2-7/h1-6H,(H,18,19). The molecule has 1 amide bonds. The molecule has 6 heteroatoms. The van der Waals surface area contributed by atoms with Gasteiger partial charge >= 0.3 is 0 Å². The largest absolute Gasteiger partial charge is 0.321 e. The van der Waals surface area contributed by atoms with Crippen molar-refractivity contribution in [3.8, 4) is 0 Å². The molecule has 0 atom stereocenters. The van der Waals surface area contributed by atoms with Crippen molar-refractivity contribution in [2.24, 2.45) is 0 Å². The lowest BCUT2D eigenvalue weighted by Gasteiger charge is -2.09. The van der Waals surface area contributed by atoms with Gasteiger partial charge in [0, 0.05) is 10.0 Å². The molecule has 0 saturated heterocycles. The van der Waals surface area contributed by atoms with Crippen LogP contribution in [0.1, 0.15) is 10.4 Å². The molecule has 2 aromatic carbocycles. The van der Waals surface area contributed by atoms with Crippen LogP contribution in [0, 0.1) is 5.82 Å². The summed E-state index contributed by atoms with van der Waals surface area (Å²) in [5, 5.41) is 3.18. The fraction of sp³-hybridized carbons (Fsp3) is 0. The Bertz CT molecular complexity index is 631. The Morgan fingerprint density at radius 1 is 1.05 bits per heavy atom. The van der Waals surface area contributed by atoms with Crippen LogP contribution in [0.25, 0.3) is 0 Å². The number of halogens is 4. The molecule has 1 N–H and O–H groups in total. The molecule has 0 aliphatic carbocycles. The molecule has 0 fully saturated rings. The normalized spacial score (nSPS) is 10.3. The molecule has 2 aromatic rings. The smallest absolute Gasteiger partial charge is 0.255 e. The maximum Gasteiger partial charge on any atom is 0.255 e. The second-order valence-corrected chi connectivity index (χ2v) is 5.29. The van der Waals surface area contributed by atoms with Gasteiger partial charge in [-0.15, -0.1) is 0 Å². The van der Waals surface area contributed by atoms with E-state index in [2.05, 4.69) is 21.2 Å². The van der Waals surface area contributed by atoms with Crippen LogP contribution < -0.4 is 5.32 Å². The number of carbonyl (C=O) groups is 1. The SMILES string of the molecule is O=C(Nc1ccc(Br)c(Cl)c1Cl)c1ccc(F)cc1. The van der Waals surface area contributed by atoms with Crippen molar-refractivity contribution in [2.45, 2.75) is 0 Å². The first kappa shape index (κ1) is 14.3. The van der Waals surface area contributed by atoms with E-state index in [-0.39, 0.29) is 10.9 Å². The van der Waals surface area contributed by atoms with Crippen LogP contribution in [0.4, 0.5) is 10.1 Å². The van der Waals surface area contributed by atoms with E-state index in [4.69, 9.17) is 23.2 Å². The lowest BCUT2D eigenvalue weighted by atomic mass is 10.2. The van der Waals surface area contributed by atoms with Crippen LogP contribution >= 0.6 is 39.1 Å². The molecule has 0 heterocycles. The maximum absolute atomic E-state index is 12.8. The summed E-state index contributed by atoms with van der Waals surface area (Å²) in [5.74, 6) is -0.790. The Morgan fingerprint density at radius 3 is 2.32 bits per heavy atom. The van der Waals surface area contributed by atoms with Crippen molar-refractivity contribution in [1.82, 2.24) is 0 Å². The highest BCUT2D eigenvalue weighted by Crippen LogP contribution is 2.35. The van der Waals surface area contributed by atoms with Gasteiger partial charge in [-0.3, -0.25) is 4.79 Å². The lowest BCUT2D eigenvalue weighted by molar-refractivity contribution is 0.102. The minimum Gasteiger partial charge on any atom is -0.321 e. The second-order valence-electron chi connectivity index (χ2n) is 3.68. The zero-order valence-corrected chi connectivity index (χ0v) is 12.5. The summed E-state index contributed by atoms with van der Waals surface area (Å²) in [5.41, 5.74) is 0.723. The Balaban J connectivity index is 2.24. The molecule has 0 radical (unpaired) electrons. The monoisotopic (exact) mass is 361 g/mol. The number of hydrogen-bond acceptors (Lipinski definition) is 1. The van der Waals surface area contributed by atoms with Gasteiger partial charge in [0.2, 0.25) is 0 Å². The molecule has 2 nitrogen and oxygen atoms in total. The predicted molar refractivity (Wildman–Crippen MR) is 78.5 cm³/mol.